The molecule has 32 heavy (non-hydrogen) atoms. The van der Waals surface area contributed by atoms with Gasteiger partial charge in [-0.05, 0) is 36.6 Å². The molecule has 0 spiro atoms. The zero-order valence-corrected chi connectivity index (χ0v) is 17.6. The molecule has 0 bridgehead atoms. The summed E-state index contributed by atoms with van der Waals surface area (Å²) in [5, 5.41) is 3.00. The second-order valence-electron chi connectivity index (χ2n) is 8.14. The number of likely N-dealkylation sites (tertiary alicyclic amines) is 1. The van der Waals surface area contributed by atoms with Crippen molar-refractivity contribution in [3.63, 3.8) is 0 Å². The Kier molecular flexibility index (Phi) is 7.59. The molecule has 2 saturated heterocycles. The number of halogens is 6. The monoisotopic (exact) mass is 468 g/mol. The summed E-state index contributed by atoms with van der Waals surface area (Å²) in [6.07, 6.45) is -8.02. The molecule has 2 aliphatic rings. The zero-order valence-electron chi connectivity index (χ0n) is 17.6. The first-order valence-electron chi connectivity index (χ1n) is 10.5. The number of alkyl halides is 6. The lowest BCUT2D eigenvalue weighted by atomic mass is 10.0. The van der Waals surface area contributed by atoms with Gasteiger partial charge in [-0.2, -0.15) is 26.3 Å². The van der Waals surface area contributed by atoms with Crippen molar-refractivity contribution in [2.75, 3.05) is 19.8 Å². The fraction of sp³-hybridized carbons (Fsp3) is 0.667. The van der Waals surface area contributed by atoms with Gasteiger partial charge in [-0.1, -0.05) is 6.92 Å². The minimum absolute atomic E-state index is 0.111. The number of nitrogens with one attached hydrogen (secondary N) is 1. The maximum atomic E-state index is 13.1. The number of benzene rings is 1. The van der Waals surface area contributed by atoms with Crippen molar-refractivity contribution >= 4 is 6.09 Å². The average Bonchev–Trinajstić information content (AvgIpc) is 3.15. The molecule has 1 aromatic rings. The number of carbonyl (C=O) groups is 1. The van der Waals surface area contributed by atoms with Crippen LogP contribution in [0.3, 0.4) is 0 Å². The molecule has 0 radical (unpaired) electrons. The third-order valence-corrected chi connectivity index (χ3v) is 5.80. The van der Waals surface area contributed by atoms with Crippen molar-refractivity contribution in [3.05, 3.63) is 34.9 Å². The number of amides is 1. The zero-order chi connectivity index (χ0) is 23.5. The fourth-order valence-corrected chi connectivity index (χ4v) is 4.06. The predicted octanol–water partition coefficient (Wildman–Crippen LogP) is 4.98. The van der Waals surface area contributed by atoms with Gasteiger partial charge in [-0.15, -0.1) is 0 Å². The maximum absolute atomic E-state index is 13.1. The van der Waals surface area contributed by atoms with E-state index in [2.05, 4.69) is 5.32 Å². The Morgan fingerprint density at radius 3 is 2.22 bits per heavy atom. The normalized spacial score (nSPS) is 22.9. The van der Waals surface area contributed by atoms with Gasteiger partial charge in [-0.25, -0.2) is 4.79 Å². The van der Waals surface area contributed by atoms with E-state index in [0.29, 0.717) is 51.0 Å². The summed E-state index contributed by atoms with van der Waals surface area (Å²) < 4.78 is 89.1. The van der Waals surface area contributed by atoms with Crippen LogP contribution in [0.1, 0.15) is 49.3 Å². The lowest BCUT2D eigenvalue weighted by Gasteiger charge is -2.28. The molecule has 11 heteroatoms. The molecule has 5 nitrogen and oxygen atoms in total. The number of nitrogens with zero attached hydrogens (tertiary/aromatic N) is 1. The van der Waals surface area contributed by atoms with Crippen molar-refractivity contribution in [2.24, 2.45) is 0 Å². The Balaban J connectivity index is 1.64. The van der Waals surface area contributed by atoms with Gasteiger partial charge in [0.2, 0.25) is 0 Å². The summed E-state index contributed by atoms with van der Waals surface area (Å²) in [5.41, 5.74) is -2.81. The van der Waals surface area contributed by atoms with Crippen LogP contribution in [-0.2, 0) is 28.4 Å². The van der Waals surface area contributed by atoms with Crippen LogP contribution in [0.2, 0.25) is 0 Å². The number of carbonyl (C=O) groups excluding carboxylic acids is 1. The van der Waals surface area contributed by atoms with Gasteiger partial charge in [-0.3, -0.25) is 0 Å². The molecule has 0 aliphatic carbocycles. The van der Waals surface area contributed by atoms with E-state index in [4.69, 9.17) is 9.47 Å². The van der Waals surface area contributed by atoms with E-state index in [1.807, 2.05) is 6.92 Å². The second kappa shape index (κ2) is 9.86. The minimum Gasteiger partial charge on any atom is -0.446 e. The van der Waals surface area contributed by atoms with Crippen LogP contribution in [0, 0.1) is 0 Å². The molecule has 180 valence electrons. The van der Waals surface area contributed by atoms with Crippen LogP contribution in [-0.4, -0.2) is 48.9 Å². The van der Waals surface area contributed by atoms with E-state index >= 15 is 0 Å². The summed E-state index contributed by atoms with van der Waals surface area (Å²) >= 11 is 0. The molecule has 1 N–H and O–H groups in total. The van der Waals surface area contributed by atoms with Gasteiger partial charge in [0.05, 0.1) is 24.3 Å². The van der Waals surface area contributed by atoms with Crippen molar-refractivity contribution < 1.29 is 40.6 Å². The Hall–Kier alpha value is -2.01. The smallest absolute Gasteiger partial charge is 0.416 e. The highest BCUT2D eigenvalue weighted by Gasteiger charge is 2.38. The first-order valence-corrected chi connectivity index (χ1v) is 10.5. The van der Waals surface area contributed by atoms with E-state index in [1.54, 1.807) is 4.90 Å². The molecule has 0 saturated carbocycles. The van der Waals surface area contributed by atoms with Gasteiger partial charge in [0.15, 0.2) is 0 Å². The largest absolute Gasteiger partial charge is 0.446 e. The molecular formula is C21H26F6N2O3. The molecule has 0 unspecified atom stereocenters. The molecule has 1 amide bonds. The lowest BCUT2D eigenvalue weighted by molar-refractivity contribution is -0.143. The van der Waals surface area contributed by atoms with Crippen molar-refractivity contribution in [1.29, 1.82) is 0 Å². The van der Waals surface area contributed by atoms with E-state index < -0.39 is 29.6 Å². The number of hydrogen-bond acceptors (Lipinski definition) is 4. The van der Waals surface area contributed by atoms with Crippen LogP contribution in [0.15, 0.2) is 18.2 Å². The highest BCUT2D eigenvalue weighted by atomic mass is 19.4. The third-order valence-electron chi connectivity index (χ3n) is 5.80. The summed E-state index contributed by atoms with van der Waals surface area (Å²) in [7, 11) is 0. The summed E-state index contributed by atoms with van der Waals surface area (Å²) in [5.74, 6) is 0. The standard InChI is InChI=1S/C21H26F6N2O3/c1-2-17-10-16(12-29(17)19(30)32-18-3-5-31-6-4-18)28-11-13-7-14(20(22,23)24)9-15(8-13)21(25,26)27/h7-9,16-18,28H,2-6,10-12H2,1H3/t16-,17+/m0/s1. The van der Waals surface area contributed by atoms with Gasteiger partial charge in [0.1, 0.15) is 6.10 Å². The first-order chi connectivity index (χ1) is 15.0. The third kappa shape index (κ3) is 6.28. The highest BCUT2D eigenvalue weighted by molar-refractivity contribution is 5.68. The van der Waals surface area contributed by atoms with Crippen molar-refractivity contribution in [1.82, 2.24) is 10.2 Å². The molecule has 3 rings (SSSR count). The number of hydrogen-bond donors (Lipinski definition) is 1. The molecular weight excluding hydrogens is 442 g/mol. The lowest BCUT2D eigenvalue weighted by Crippen LogP contribution is -2.40. The Morgan fingerprint density at radius 2 is 1.69 bits per heavy atom. The summed E-state index contributed by atoms with van der Waals surface area (Å²) in [6.45, 7) is 3.04. The van der Waals surface area contributed by atoms with E-state index in [0.717, 1.165) is 0 Å². The van der Waals surface area contributed by atoms with Crippen LogP contribution >= 0.6 is 0 Å². The topological polar surface area (TPSA) is 50.8 Å². The minimum atomic E-state index is -4.89. The number of rotatable bonds is 5. The van der Waals surface area contributed by atoms with Crippen LogP contribution in [0.25, 0.3) is 0 Å². The maximum Gasteiger partial charge on any atom is 0.416 e. The summed E-state index contributed by atoms with van der Waals surface area (Å²) in [6, 6.07) is 1.15. The molecule has 0 aromatic heterocycles. The Morgan fingerprint density at radius 1 is 1.09 bits per heavy atom. The van der Waals surface area contributed by atoms with Crippen molar-refractivity contribution in [2.45, 2.75) is 69.7 Å². The number of ether oxygens (including phenoxy) is 2. The quantitative estimate of drug-likeness (QED) is 0.620. The molecule has 1 aromatic carbocycles. The second-order valence-corrected chi connectivity index (χ2v) is 8.14. The van der Waals surface area contributed by atoms with Gasteiger partial charge < -0.3 is 19.7 Å². The molecule has 2 heterocycles. The first kappa shape index (κ1) is 24.6. The van der Waals surface area contributed by atoms with Gasteiger partial charge >= 0.3 is 18.4 Å². The van der Waals surface area contributed by atoms with Gasteiger partial charge in [0, 0.05) is 38.0 Å². The average molecular weight is 468 g/mol. The SMILES string of the molecule is CC[C@@H]1C[C@H](NCc2cc(C(F)(F)F)cc(C(F)(F)F)c2)CN1C(=O)OC1CCOCC1. The predicted molar refractivity (Wildman–Crippen MR) is 103 cm³/mol. The van der Waals surface area contributed by atoms with E-state index in [9.17, 15) is 31.1 Å². The highest BCUT2D eigenvalue weighted by Crippen LogP contribution is 2.36. The van der Waals surface area contributed by atoms with E-state index in [1.165, 1.54) is 0 Å². The van der Waals surface area contributed by atoms with Crippen LogP contribution < -0.4 is 5.32 Å². The van der Waals surface area contributed by atoms with Crippen LogP contribution in [0.4, 0.5) is 31.1 Å². The van der Waals surface area contributed by atoms with Crippen molar-refractivity contribution in [3.8, 4) is 0 Å². The fourth-order valence-electron chi connectivity index (χ4n) is 4.06. The molecule has 2 fully saturated rings. The van der Waals surface area contributed by atoms with Gasteiger partial charge in [0.25, 0.3) is 0 Å². The van der Waals surface area contributed by atoms with Crippen LogP contribution in [0.5, 0.6) is 0 Å². The Labute approximate surface area is 182 Å². The molecule has 2 atom stereocenters. The summed E-state index contributed by atoms with van der Waals surface area (Å²) in [4.78, 5) is 14.2. The van der Waals surface area contributed by atoms with E-state index in [-0.39, 0.29) is 42.9 Å². The molecule has 2 aliphatic heterocycles. The Bertz CT molecular complexity index is 760.